The van der Waals surface area contributed by atoms with Crippen LogP contribution in [0.2, 0.25) is 0 Å². The van der Waals surface area contributed by atoms with E-state index in [0.29, 0.717) is 44.3 Å². The van der Waals surface area contributed by atoms with E-state index in [1.54, 1.807) is 16.7 Å². The van der Waals surface area contributed by atoms with Crippen molar-refractivity contribution in [2.45, 2.75) is 33.5 Å². The number of benzene rings is 2. The van der Waals surface area contributed by atoms with Crippen molar-refractivity contribution in [3.05, 3.63) is 89.1 Å². The summed E-state index contributed by atoms with van der Waals surface area (Å²) in [6.07, 6.45) is 1.45. The minimum Gasteiger partial charge on any atom is -0.447 e. The number of hydrogen-bond acceptors (Lipinski definition) is 5. The lowest BCUT2D eigenvalue weighted by Gasteiger charge is -2.33. The molecule has 0 spiro atoms. The van der Waals surface area contributed by atoms with Crippen molar-refractivity contribution in [2.24, 2.45) is 0 Å². The van der Waals surface area contributed by atoms with Gasteiger partial charge < -0.3 is 14.2 Å². The van der Waals surface area contributed by atoms with Crippen molar-refractivity contribution < 1.29 is 14.0 Å². The second kappa shape index (κ2) is 10.4. The number of piperazine rings is 1. The van der Waals surface area contributed by atoms with E-state index in [1.807, 2.05) is 24.3 Å². The summed E-state index contributed by atoms with van der Waals surface area (Å²) in [4.78, 5) is 34.7. The number of hydrogen-bond donors (Lipinski definition) is 0. The summed E-state index contributed by atoms with van der Waals surface area (Å²) in [5.41, 5.74) is 4.01. The van der Waals surface area contributed by atoms with Crippen molar-refractivity contribution in [3.63, 3.8) is 0 Å². The SMILES string of the molecule is CC(=O)N1CCN(C(=O)c2coc(CN(Cc3ccccc3)Cc3ccccc3C)n2)CC1. The van der Waals surface area contributed by atoms with Gasteiger partial charge in [0.15, 0.2) is 5.69 Å². The monoisotopic (exact) mass is 446 g/mol. The van der Waals surface area contributed by atoms with Crippen LogP contribution in [-0.2, 0) is 24.4 Å². The van der Waals surface area contributed by atoms with Crippen molar-refractivity contribution in [3.8, 4) is 0 Å². The third kappa shape index (κ3) is 5.87. The summed E-state index contributed by atoms with van der Waals surface area (Å²) in [6.45, 7) is 7.77. The van der Waals surface area contributed by atoms with E-state index in [1.165, 1.54) is 23.0 Å². The molecule has 0 saturated carbocycles. The molecular weight excluding hydrogens is 416 g/mol. The number of nitrogens with zero attached hydrogens (tertiary/aromatic N) is 4. The smallest absolute Gasteiger partial charge is 0.275 e. The molecule has 7 heteroatoms. The molecule has 1 aromatic heterocycles. The van der Waals surface area contributed by atoms with Gasteiger partial charge in [0.25, 0.3) is 5.91 Å². The molecule has 1 saturated heterocycles. The first kappa shape index (κ1) is 22.7. The van der Waals surface area contributed by atoms with E-state index < -0.39 is 0 Å². The molecule has 0 unspecified atom stereocenters. The van der Waals surface area contributed by atoms with Crippen LogP contribution in [0, 0.1) is 6.92 Å². The first-order chi connectivity index (χ1) is 16.0. The predicted octanol–water partition coefficient (Wildman–Crippen LogP) is 3.49. The average Bonchev–Trinajstić information content (AvgIpc) is 3.29. The van der Waals surface area contributed by atoms with Crippen LogP contribution >= 0.6 is 0 Å². The molecule has 1 aliphatic rings. The highest BCUT2D eigenvalue weighted by molar-refractivity contribution is 5.92. The molecule has 3 aromatic rings. The maximum atomic E-state index is 12.9. The number of carbonyl (C=O) groups excluding carboxylic acids is 2. The second-order valence-electron chi connectivity index (χ2n) is 8.48. The third-order valence-electron chi connectivity index (χ3n) is 6.05. The lowest BCUT2D eigenvalue weighted by Crippen LogP contribution is -2.50. The highest BCUT2D eigenvalue weighted by Gasteiger charge is 2.25. The molecular formula is C26H30N4O3. The van der Waals surface area contributed by atoms with Crippen LogP contribution in [0.4, 0.5) is 0 Å². The van der Waals surface area contributed by atoms with Crippen LogP contribution in [0.15, 0.2) is 65.3 Å². The van der Waals surface area contributed by atoms with Crippen LogP contribution in [0.1, 0.15) is 40.0 Å². The summed E-state index contributed by atoms with van der Waals surface area (Å²) in [7, 11) is 0. The molecule has 0 radical (unpaired) electrons. The quantitative estimate of drug-likeness (QED) is 0.556. The number of aromatic nitrogens is 1. The van der Waals surface area contributed by atoms with Gasteiger partial charge in [-0.1, -0.05) is 54.6 Å². The molecule has 1 fully saturated rings. The standard InChI is InChI=1S/C26H30N4O3/c1-20-8-6-7-11-23(20)17-28(16-22-9-4-3-5-10-22)18-25-27-24(19-33-25)26(32)30-14-12-29(13-15-30)21(2)31/h3-11,19H,12-18H2,1-2H3. The Kier molecular flexibility index (Phi) is 7.19. The Balaban J connectivity index is 1.45. The van der Waals surface area contributed by atoms with Crippen molar-refractivity contribution in [1.29, 1.82) is 0 Å². The fourth-order valence-corrected chi connectivity index (χ4v) is 4.10. The van der Waals surface area contributed by atoms with Crippen LogP contribution in [0.25, 0.3) is 0 Å². The first-order valence-corrected chi connectivity index (χ1v) is 11.3. The van der Waals surface area contributed by atoms with Gasteiger partial charge in [-0.3, -0.25) is 14.5 Å². The van der Waals surface area contributed by atoms with E-state index >= 15 is 0 Å². The molecule has 1 aliphatic heterocycles. The van der Waals surface area contributed by atoms with E-state index in [-0.39, 0.29) is 11.8 Å². The van der Waals surface area contributed by atoms with Gasteiger partial charge in [-0.05, 0) is 23.6 Å². The van der Waals surface area contributed by atoms with E-state index in [0.717, 1.165) is 13.1 Å². The van der Waals surface area contributed by atoms with Crippen LogP contribution < -0.4 is 0 Å². The third-order valence-corrected chi connectivity index (χ3v) is 6.05. The van der Waals surface area contributed by atoms with Gasteiger partial charge >= 0.3 is 0 Å². The van der Waals surface area contributed by atoms with Gasteiger partial charge in [-0.2, -0.15) is 0 Å². The van der Waals surface area contributed by atoms with Gasteiger partial charge in [-0.15, -0.1) is 0 Å². The van der Waals surface area contributed by atoms with Gasteiger partial charge in [0.1, 0.15) is 6.26 Å². The molecule has 172 valence electrons. The number of rotatable bonds is 7. The topological polar surface area (TPSA) is 69.9 Å². The lowest BCUT2D eigenvalue weighted by molar-refractivity contribution is -0.130. The van der Waals surface area contributed by atoms with Crippen molar-refractivity contribution in [2.75, 3.05) is 26.2 Å². The summed E-state index contributed by atoms with van der Waals surface area (Å²) < 4.78 is 5.71. The summed E-state index contributed by atoms with van der Waals surface area (Å²) in [5, 5.41) is 0. The zero-order valence-electron chi connectivity index (χ0n) is 19.2. The number of aryl methyl sites for hydroxylation is 1. The number of oxazole rings is 1. The largest absolute Gasteiger partial charge is 0.447 e. The van der Waals surface area contributed by atoms with E-state index in [2.05, 4.69) is 47.1 Å². The molecule has 2 amide bonds. The molecule has 0 atom stereocenters. The Morgan fingerprint density at radius 2 is 1.58 bits per heavy atom. The Morgan fingerprint density at radius 1 is 0.909 bits per heavy atom. The van der Waals surface area contributed by atoms with Gasteiger partial charge in [-0.25, -0.2) is 4.98 Å². The maximum absolute atomic E-state index is 12.9. The zero-order chi connectivity index (χ0) is 23.2. The van der Waals surface area contributed by atoms with E-state index in [9.17, 15) is 9.59 Å². The average molecular weight is 447 g/mol. The summed E-state index contributed by atoms with van der Waals surface area (Å²) in [6, 6.07) is 18.6. The fraction of sp³-hybridized carbons (Fsp3) is 0.346. The fourth-order valence-electron chi connectivity index (χ4n) is 4.10. The molecule has 2 aromatic carbocycles. The molecule has 4 rings (SSSR count). The second-order valence-corrected chi connectivity index (χ2v) is 8.48. The minimum absolute atomic E-state index is 0.0398. The van der Waals surface area contributed by atoms with Gasteiger partial charge in [0, 0.05) is 46.2 Å². The minimum atomic E-state index is -0.151. The molecule has 0 bridgehead atoms. The first-order valence-electron chi connectivity index (χ1n) is 11.3. The molecule has 0 N–H and O–H groups in total. The van der Waals surface area contributed by atoms with Gasteiger partial charge in [0.2, 0.25) is 11.8 Å². The number of carbonyl (C=O) groups is 2. The van der Waals surface area contributed by atoms with Crippen LogP contribution in [-0.4, -0.2) is 57.7 Å². The van der Waals surface area contributed by atoms with Gasteiger partial charge in [0.05, 0.1) is 6.54 Å². The Labute approximate surface area is 194 Å². The van der Waals surface area contributed by atoms with E-state index in [4.69, 9.17) is 4.42 Å². The zero-order valence-corrected chi connectivity index (χ0v) is 19.2. The Morgan fingerprint density at radius 3 is 2.27 bits per heavy atom. The molecule has 2 heterocycles. The normalized spacial score (nSPS) is 14.0. The van der Waals surface area contributed by atoms with Crippen LogP contribution in [0.3, 0.4) is 0 Å². The molecule has 7 nitrogen and oxygen atoms in total. The highest BCUT2D eigenvalue weighted by atomic mass is 16.3. The predicted molar refractivity (Wildman–Crippen MR) is 125 cm³/mol. The highest BCUT2D eigenvalue weighted by Crippen LogP contribution is 2.17. The number of amides is 2. The Bertz CT molecular complexity index is 1090. The summed E-state index contributed by atoms with van der Waals surface area (Å²) in [5.74, 6) is 0.407. The lowest BCUT2D eigenvalue weighted by atomic mass is 10.1. The van der Waals surface area contributed by atoms with Crippen molar-refractivity contribution in [1.82, 2.24) is 19.7 Å². The van der Waals surface area contributed by atoms with Crippen LogP contribution in [0.5, 0.6) is 0 Å². The molecule has 0 aliphatic carbocycles. The molecule has 33 heavy (non-hydrogen) atoms. The van der Waals surface area contributed by atoms with Crippen molar-refractivity contribution >= 4 is 11.8 Å². The Hall–Kier alpha value is -3.45. The summed E-state index contributed by atoms with van der Waals surface area (Å²) >= 11 is 0. The maximum Gasteiger partial charge on any atom is 0.275 e.